The number of benzene rings is 1. The van der Waals surface area contributed by atoms with Gasteiger partial charge in [-0.1, -0.05) is 25.4 Å². The Morgan fingerprint density at radius 1 is 1.12 bits per heavy atom. The number of methoxy groups -OCH3 is 1. The van der Waals surface area contributed by atoms with Crippen LogP contribution in [-0.2, 0) is 6.54 Å². The molecule has 0 amide bonds. The second-order valence-electron chi connectivity index (χ2n) is 7.10. The molecule has 2 heterocycles. The molecule has 1 aromatic heterocycles. The van der Waals surface area contributed by atoms with Crippen LogP contribution in [-0.4, -0.2) is 48.2 Å². The Hall–Kier alpha value is -1.85. The molecule has 0 unspecified atom stereocenters. The van der Waals surface area contributed by atoms with Gasteiger partial charge in [0.05, 0.1) is 7.11 Å². The van der Waals surface area contributed by atoms with Crippen LogP contribution in [0.25, 0.3) is 0 Å². The van der Waals surface area contributed by atoms with E-state index in [-0.39, 0.29) is 0 Å². The number of halogens is 1. The van der Waals surface area contributed by atoms with E-state index in [4.69, 9.17) is 21.3 Å². The highest BCUT2D eigenvalue weighted by Gasteiger charge is 2.20. The molecule has 0 aliphatic carbocycles. The summed E-state index contributed by atoms with van der Waals surface area (Å²) in [5.41, 5.74) is 2.17. The Balaban J connectivity index is 1.66. The van der Waals surface area contributed by atoms with Crippen LogP contribution in [0.3, 0.4) is 0 Å². The highest BCUT2D eigenvalue weighted by atomic mass is 35.5. The van der Waals surface area contributed by atoms with E-state index in [0.29, 0.717) is 5.92 Å². The van der Waals surface area contributed by atoms with Gasteiger partial charge in [0.2, 0.25) is 0 Å². The van der Waals surface area contributed by atoms with Crippen molar-refractivity contribution < 1.29 is 4.74 Å². The lowest BCUT2D eigenvalue weighted by atomic mass is 10.1. The number of aryl methyl sites for hydroxylation is 1. The van der Waals surface area contributed by atoms with Crippen LogP contribution in [0.5, 0.6) is 5.75 Å². The maximum absolute atomic E-state index is 6.15. The second kappa shape index (κ2) is 8.23. The molecule has 1 saturated heterocycles. The predicted octanol–water partition coefficient (Wildman–Crippen LogP) is 3.89. The lowest BCUT2D eigenvalue weighted by Gasteiger charge is -2.35. The largest absolute Gasteiger partial charge is 0.496 e. The van der Waals surface area contributed by atoms with Gasteiger partial charge in [-0.25, -0.2) is 9.97 Å². The molecular weight excluding hydrogens is 348 g/mol. The van der Waals surface area contributed by atoms with Gasteiger partial charge in [-0.2, -0.15) is 0 Å². The number of nitrogens with zero attached hydrogens (tertiary/aromatic N) is 4. The topological polar surface area (TPSA) is 41.5 Å². The summed E-state index contributed by atoms with van der Waals surface area (Å²) >= 11 is 6.15. The predicted molar refractivity (Wildman–Crippen MR) is 106 cm³/mol. The van der Waals surface area contributed by atoms with Crippen LogP contribution in [0.2, 0.25) is 5.02 Å². The van der Waals surface area contributed by atoms with E-state index in [2.05, 4.69) is 34.7 Å². The fourth-order valence-electron chi connectivity index (χ4n) is 3.24. The highest BCUT2D eigenvalue weighted by Crippen LogP contribution is 2.25. The molecule has 140 valence electrons. The molecule has 0 atom stereocenters. The van der Waals surface area contributed by atoms with Crippen LogP contribution in [0.15, 0.2) is 24.3 Å². The molecule has 0 N–H and O–H groups in total. The molecule has 2 aromatic rings. The zero-order valence-electron chi connectivity index (χ0n) is 16.0. The molecule has 5 nitrogen and oxygen atoms in total. The fraction of sp³-hybridized carbons (Fsp3) is 0.500. The number of ether oxygens (including phenoxy) is 1. The molecule has 1 aromatic carbocycles. The molecule has 0 spiro atoms. The minimum absolute atomic E-state index is 0.338. The molecule has 0 radical (unpaired) electrons. The summed E-state index contributed by atoms with van der Waals surface area (Å²) in [5.74, 6) is 3.20. The molecule has 3 rings (SSSR count). The number of aromatic nitrogens is 2. The van der Waals surface area contributed by atoms with E-state index < -0.39 is 0 Å². The van der Waals surface area contributed by atoms with Crippen molar-refractivity contribution in [1.29, 1.82) is 0 Å². The normalized spacial score (nSPS) is 15.5. The Morgan fingerprint density at radius 3 is 2.50 bits per heavy atom. The second-order valence-corrected chi connectivity index (χ2v) is 7.54. The van der Waals surface area contributed by atoms with E-state index in [0.717, 1.165) is 66.4 Å². The number of anilines is 1. The maximum Gasteiger partial charge on any atom is 0.133 e. The van der Waals surface area contributed by atoms with E-state index in [1.165, 1.54) is 0 Å². The first-order valence-corrected chi connectivity index (χ1v) is 9.49. The minimum atomic E-state index is 0.338. The first-order chi connectivity index (χ1) is 12.5. The van der Waals surface area contributed by atoms with Crippen LogP contribution in [0.1, 0.15) is 36.8 Å². The van der Waals surface area contributed by atoms with Crippen molar-refractivity contribution in [2.45, 2.75) is 33.2 Å². The summed E-state index contributed by atoms with van der Waals surface area (Å²) in [6, 6.07) is 7.88. The zero-order valence-corrected chi connectivity index (χ0v) is 16.8. The van der Waals surface area contributed by atoms with Gasteiger partial charge in [-0.15, -0.1) is 0 Å². The smallest absolute Gasteiger partial charge is 0.133 e. The van der Waals surface area contributed by atoms with Gasteiger partial charge in [0.15, 0.2) is 0 Å². The van der Waals surface area contributed by atoms with E-state index in [1.807, 2.05) is 25.1 Å². The lowest BCUT2D eigenvalue weighted by molar-refractivity contribution is 0.245. The van der Waals surface area contributed by atoms with Crippen LogP contribution in [0, 0.1) is 6.92 Å². The first kappa shape index (κ1) is 18.9. The third kappa shape index (κ3) is 4.46. The average molecular weight is 375 g/mol. The standard InChI is InChI=1S/C20H27ClN4O/c1-14(2)20-22-15(3)11-19(23-20)25-9-7-24(8-10-25)13-16-12-17(21)5-6-18(16)26-4/h5-6,11-12,14H,7-10,13H2,1-4H3. The molecule has 1 aliphatic rings. The number of piperazine rings is 1. The Labute approximate surface area is 161 Å². The molecule has 6 heteroatoms. The summed E-state index contributed by atoms with van der Waals surface area (Å²) in [6.07, 6.45) is 0. The average Bonchev–Trinajstić information content (AvgIpc) is 2.62. The summed E-state index contributed by atoms with van der Waals surface area (Å²) < 4.78 is 5.47. The van der Waals surface area contributed by atoms with Gasteiger partial charge >= 0.3 is 0 Å². The third-order valence-corrected chi connectivity index (χ3v) is 4.94. The summed E-state index contributed by atoms with van der Waals surface area (Å²) in [4.78, 5) is 14.1. The van der Waals surface area contributed by atoms with Crippen molar-refractivity contribution in [3.63, 3.8) is 0 Å². The van der Waals surface area contributed by atoms with Crippen molar-refractivity contribution >= 4 is 17.4 Å². The SMILES string of the molecule is COc1ccc(Cl)cc1CN1CCN(c2cc(C)nc(C(C)C)n2)CC1. The molecule has 1 fully saturated rings. The van der Waals surface area contributed by atoms with Gasteiger partial charge in [0.1, 0.15) is 17.4 Å². The van der Waals surface area contributed by atoms with Gasteiger partial charge in [-0.05, 0) is 25.1 Å². The zero-order chi connectivity index (χ0) is 18.7. The van der Waals surface area contributed by atoms with E-state index in [9.17, 15) is 0 Å². The molecule has 0 saturated carbocycles. The summed E-state index contributed by atoms with van der Waals surface area (Å²) in [5, 5.41) is 0.747. The molecular formula is C20H27ClN4O. The van der Waals surface area contributed by atoms with Gasteiger partial charge in [0.25, 0.3) is 0 Å². The number of hydrogen-bond donors (Lipinski definition) is 0. The van der Waals surface area contributed by atoms with Crippen LogP contribution in [0.4, 0.5) is 5.82 Å². The van der Waals surface area contributed by atoms with Gasteiger partial charge in [-0.3, -0.25) is 4.90 Å². The maximum atomic E-state index is 6.15. The Kier molecular flexibility index (Phi) is 5.99. The summed E-state index contributed by atoms with van der Waals surface area (Å²) in [7, 11) is 1.70. The van der Waals surface area contributed by atoms with Crippen molar-refractivity contribution in [2.24, 2.45) is 0 Å². The van der Waals surface area contributed by atoms with Gasteiger partial charge < -0.3 is 9.64 Å². The highest BCUT2D eigenvalue weighted by molar-refractivity contribution is 6.30. The number of rotatable bonds is 5. The fourth-order valence-corrected chi connectivity index (χ4v) is 3.44. The first-order valence-electron chi connectivity index (χ1n) is 9.11. The lowest BCUT2D eigenvalue weighted by Crippen LogP contribution is -2.46. The van der Waals surface area contributed by atoms with Crippen molar-refractivity contribution in [1.82, 2.24) is 14.9 Å². The quantitative estimate of drug-likeness (QED) is 0.794. The van der Waals surface area contributed by atoms with Crippen LogP contribution >= 0.6 is 11.6 Å². The minimum Gasteiger partial charge on any atom is -0.496 e. The monoisotopic (exact) mass is 374 g/mol. The molecule has 1 aliphatic heterocycles. The van der Waals surface area contributed by atoms with Crippen molar-refractivity contribution in [3.8, 4) is 5.75 Å². The Morgan fingerprint density at radius 2 is 1.85 bits per heavy atom. The summed E-state index contributed by atoms with van der Waals surface area (Å²) in [6.45, 7) is 11.0. The number of hydrogen-bond acceptors (Lipinski definition) is 5. The molecule has 0 bridgehead atoms. The Bertz CT molecular complexity index is 757. The van der Waals surface area contributed by atoms with E-state index >= 15 is 0 Å². The molecule has 26 heavy (non-hydrogen) atoms. The van der Waals surface area contributed by atoms with E-state index in [1.54, 1.807) is 7.11 Å². The van der Waals surface area contributed by atoms with Gasteiger partial charge in [0, 0.05) is 61.0 Å². The van der Waals surface area contributed by atoms with Crippen molar-refractivity contribution in [2.75, 3.05) is 38.2 Å². The van der Waals surface area contributed by atoms with Crippen molar-refractivity contribution in [3.05, 3.63) is 46.4 Å². The third-order valence-electron chi connectivity index (χ3n) is 4.71. The van der Waals surface area contributed by atoms with Crippen LogP contribution < -0.4 is 9.64 Å².